The molecule has 0 unspecified atom stereocenters. The molecule has 1 heterocycles. The minimum atomic E-state index is -0.374. The van der Waals surface area contributed by atoms with E-state index in [1.165, 1.54) is 6.07 Å². The fourth-order valence-corrected chi connectivity index (χ4v) is 1.75. The molecule has 0 saturated carbocycles. The van der Waals surface area contributed by atoms with Crippen LogP contribution in [0.1, 0.15) is 26.7 Å². The molecule has 1 aromatic carbocycles. The van der Waals surface area contributed by atoms with Gasteiger partial charge in [-0.1, -0.05) is 13.8 Å². The molecule has 0 aliphatic carbocycles. The topological polar surface area (TPSA) is 48.7 Å². The predicted molar refractivity (Wildman–Crippen MR) is 74.1 cm³/mol. The highest BCUT2D eigenvalue weighted by atomic mass is 16.5. The monoisotopic (exact) mass is 262 g/mol. The third-order valence-corrected chi connectivity index (χ3v) is 2.61. The van der Waals surface area contributed by atoms with Crippen LogP contribution in [0.15, 0.2) is 33.5 Å². The van der Waals surface area contributed by atoms with Crippen molar-refractivity contribution in [1.82, 2.24) is 0 Å². The normalized spacial score (nSPS) is 10.6. The van der Waals surface area contributed by atoms with E-state index in [1.807, 2.05) is 19.9 Å². The smallest absolute Gasteiger partial charge is 0.336 e. The van der Waals surface area contributed by atoms with Crippen LogP contribution in [-0.4, -0.2) is 13.2 Å². The summed E-state index contributed by atoms with van der Waals surface area (Å²) in [4.78, 5) is 11.3. The Morgan fingerprint density at radius 1 is 1.05 bits per heavy atom. The first-order valence-electron chi connectivity index (χ1n) is 6.58. The van der Waals surface area contributed by atoms with Gasteiger partial charge in [0.1, 0.15) is 17.1 Å². The van der Waals surface area contributed by atoms with Gasteiger partial charge in [-0.2, -0.15) is 0 Å². The van der Waals surface area contributed by atoms with Crippen LogP contribution in [0.25, 0.3) is 11.0 Å². The molecule has 19 heavy (non-hydrogen) atoms. The molecule has 0 bridgehead atoms. The van der Waals surface area contributed by atoms with Crippen LogP contribution in [-0.2, 0) is 0 Å². The van der Waals surface area contributed by atoms with Gasteiger partial charge in [-0.15, -0.1) is 0 Å². The average Bonchev–Trinajstić information content (AvgIpc) is 2.42. The Labute approximate surface area is 111 Å². The van der Waals surface area contributed by atoms with Crippen LogP contribution >= 0.6 is 0 Å². The number of hydrogen-bond donors (Lipinski definition) is 0. The summed E-state index contributed by atoms with van der Waals surface area (Å²) in [7, 11) is 0. The number of ether oxygens (including phenoxy) is 2. The van der Waals surface area contributed by atoms with Gasteiger partial charge in [0.15, 0.2) is 0 Å². The van der Waals surface area contributed by atoms with Gasteiger partial charge in [-0.05, 0) is 18.9 Å². The zero-order valence-corrected chi connectivity index (χ0v) is 11.3. The molecule has 4 heteroatoms. The lowest BCUT2D eigenvalue weighted by molar-refractivity contribution is 0.303. The van der Waals surface area contributed by atoms with Crippen molar-refractivity contribution < 1.29 is 13.9 Å². The fraction of sp³-hybridized carbons (Fsp3) is 0.400. The Morgan fingerprint density at radius 2 is 1.79 bits per heavy atom. The number of fused-ring (bicyclic) bond motifs is 1. The third-order valence-electron chi connectivity index (χ3n) is 2.61. The Balaban J connectivity index is 2.45. The van der Waals surface area contributed by atoms with Gasteiger partial charge in [-0.3, -0.25) is 0 Å². The van der Waals surface area contributed by atoms with Crippen molar-refractivity contribution in [2.75, 3.05) is 13.2 Å². The van der Waals surface area contributed by atoms with Crippen LogP contribution in [0, 0.1) is 0 Å². The summed E-state index contributed by atoms with van der Waals surface area (Å²) in [5.41, 5.74) is 0.119. The second-order valence-corrected chi connectivity index (χ2v) is 4.28. The number of hydrogen-bond acceptors (Lipinski definition) is 4. The van der Waals surface area contributed by atoms with Gasteiger partial charge in [0, 0.05) is 18.2 Å². The molecular weight excluding hydrogens is 244 g/mol. The molecule has 0 amide bonds. The summed E-state index contributed by atoms with van der Waals surface area (Å²) in [5.74, 6) is 1.35. The summed E-state index contributed by atoms with van der Waals surface area (Å²) >= 11 is 0. The quantitative estimate of drug-likeness (QED) is 0.749. The van der Waals surface area contributed by atoms with Crippen molar-refractivity contribution in [3.8, 4) is 11.5 Å². The largest absolute Gasteiger partial charge is 0.493 e. The van der Waals surface area contributed by atoms with Crippen molar-refractivity contribution in [2.45, 2.75) is 26.7 Å². The lowest BCUT2D eigenvalue weighted by Gasteiger charge is -2.11. The van der Waals surface area contributed by atoms with Gasteiger partial charge in [0.05, 0.1) is 18.6 Å². The van der Waals surface area contributed by atoms with E-state index in [4.69, 9.17) is 13.9 Å². The van der Waals surface area contributed by atoms with E-state index in [0.717, 1.165) is 18.2 Å². The summed E-state index contributed by atoms with van der Waals surface area (Å²) in [6, 6.07) is 6.68. The van der Waals surface area contributed by atoms with E-state index in [2.05, 4.69) is 0 Å². The zero-order chi connectivity index (χ0) is 13.7. The fourth-order valence-electron chi connectivity index (χ4n) is 1.75. The van der Waals surface area contributed by atoms with Crippen LogP contribution in [0.5, 0.6) is 11.5 Å². The highest BCUT2D eigenvalue weighted by Crippen LogP contribution is 2.30. The maximum atomic E-state index is 11.3. The number of rotatable bonds is 6. The maximum absolute atomic E-state index is 11.3. The molecule has 0 radical (unpaired) electrons. The SMILES string of the molecule is CCCOc1cc(OCCC)c2ccc(=O)oc2c1. The molecule has 0 N–H and O–H groups in total. The minimum Gasteiger partial charge on any atom is -0.493 e. The molecule has 0 fully saturated rings. The van der Waals surface area contributed by atoms with Gasteiger partial charge in [-0.25, -0.2) is 4.79 Å². The van der Waals surface area contributed by atoms with Crippen LogP contribution < -0.4 is 15.1 Å². The Bertz CT molecular complexity index is 601. The van der Waals surface area contributed by atoms with E-state index < -0.39 is 0 Å². The lowest BCUT2D eigenvalue weighted by atomic mass is 10.2. The molecule has 2 aromatic rings. The average molecular weight is 262 g/mol. The Morgan fingerprint density at radius 3 is 2.53 bits per heavy atom. The van der Waals surface area contributed by atoms with E-state index in [0.29, 0.717) is 30.3 Å². The van der Waals surface area contributed by atoms with Gasteiger partial charge in [0.2, 0.25) is 0 Å². The summed E-state index contributed by atoms with van der Waals surface area (Å²) in [5, 5.41) is 0.789. The zero-order valence-electron chi connectivity index (χ0n) is 11.3. The van der Waals surface area contributed by atoms with E-state index >= 15 is 0 Å². The van der Waals surface area contributed by atoms with E-state index in [-0.39, 0.29) is 5.63 Å². The van der Waals surface area contributed by atoms with E-state index in [1.54, 1.807) is 12.1 Å². The van der Waals surface area contributed by atoms with Crippen molar-refractivity contribution in [3.05, 3.63) is 34.7 Å². The molecule has 0 atom stereocenters. The number of benzene rings is 1. The molecular formula is C15H18O4. The van der Waals surface area contributed by atoms with Crippen LogP contribution in [0.2, 0.25) is 0 Å². The van der Waals surface area contributed by atoms with Crippen LogP contribution in [0.3, 0.4) is 0 Å². The second kappa shape index (κ2) is 6.27. The summed E-state index contributed by atoms with van der Waals surface area (Å²) < 4.78 is 16.5. The molecule has 2 rings (SSSR count). The summed E-state index contributed by atoms with van der Waals surface area (Å²) in [6.45, 7) is 5.32. The molecule has 1 aromatic heterocycles. The Kier molecular flexibility index (Phi) is 4.44. The molecule has 0 spiro atoms. The van der Waals surface area contributed by atoms with Crippen molar-refractivity contribution in [2.24, 2.45) is 0 Å². The molecule has 102 valence electrons. The maximum Gasteiger partial charge on any atom is 0.336 e. The third kappa shape index (κ3) is 3.28. The summed E-state index contributed by atoms with van der Waals surface area (Å²) in [6.07, 6.45) is 1.83. The first-order valence-corrected chi connectivity index (χ1v) is 6.58. The second-order valence-electron chi connectivity index (χ2n) is 4.28. The van der Waals surface area contributed by atoms with Gasteiger partial charge >= 0.3 is 5.63 Å². The predicted octanol–water partition coefficient (Wildman–Crippen LogP) is 3.37. The molecule has 0 aliphatic rings. The first kappa shape index (κ1) is 13.5. The Hall–Kier alpha value is -1.97. The highest BCUT2D eigenvalue weighted by Gasteiger charge is 2.08. The van der Waals surface area contributed by atoms with Gasteiger partial charge < -0.3 is 13.9 Å². The standard InChI is InChI=1S/C15H18O4/c1-3-7-17-11-9-13(18-8-4-2)12-5-6-15(16)19-14(12)10-11/h5-6,9-10H,3-4,7-8H2,1-2H3. The van der Waals surface area contributed by atoms with Crippen LogP contribution in [0.4, 0.5) is 0 Å². The molecule has 0 saturated heterocycles. The van der Waals surface area contributed by atoms with Gasteiger partial charge in [0.25, 0.3) is 0 Å². The molecule has 0 aliphatic heterocycles. The van der Waals surface area contributed by atoms with Crippen molar-refractivity contribution >= 4 is 11.0 Å². The van der Waals surface area contributed by atoms with E-state index in [9.17, 15) is 4.79 Å². The first-order chi connectivity index (χ1) is 9.24. The highest BCUT2D eigenvalue weighted by molar-refractivity contribution is 5.85. The van der Waals surface area contributed by atoms with Crippen molar-refractivity contribution in [1.29, 1.82) is 0 Å². The lowest BCUT2D eigenvalue weighted by Crippen LogP contribution is -2.01. The van der Waals surface area contributed by atoms with Crippen molar-refractivity contribution in [3.63, 3.8) is 0 Å². The minimum absolute atomic E-state index is 0.374. The molecule has 4 nitrogen and oxygen atoms in total.